The highest BCUT2D eigenvalue weighted by Gasteiger charge is 2.13. The van der Waals surface area contributed by atoms with Crippen LogP contribution < -0.4 is 0 Å². The number of halogens is 1. The Morgan fingerprint density at radius 2 is 1.24 bits per heavy atom. The Balaban J connectivity index is 1.97. The first-order valence-electron chi connectivity index (χ1n) is 8.13. The van der Waals surface area contributed by atoms with Crippen molar-refractivity contribution in [1.29, 1.82) is 5.26 Å². The molecular weight excluding hydrogens is 326 g/mol. The fourth-order valence-electron chi connectivity index (χ4n) is 3.78. The van der Waals surface area contributed by atoms with E-state index in [2.05, 4.69) is 54.6 Å². The third kappa shape index (κ3) is 2.02. The summed E-state index contributed by atoms with van der Waals surface area (Å²) >= 11 is 6.04. The minimum Gasteiger partial charge on any atom is -0.192 e. The first-order chi connectivity index (χ1) is 12.3. The van der Waals surface area contributed by atoms with Crippen molar-refractivity contribution < 1.29 is 0 Å². The molecule has 0 saturated heterocycles. The van der Waals surface area contributed by atoms with E-state index >= 15 is 0 Å². The van der Waals surface area contributed by atoms with Gasteiger partial charge in [0.1, 0.15) is 0 Å². The van der Waals surface area contributed by atoms with Gasteiger partial charge >= 0.3 is 0 Å². The van der Waals surface area contributed by atoms with Gasteiger partial charge in [0.05, 0.1) is 11.6 Å². The molecule has 0 radical (unpaired) electrons. The van der Waals surface area contributed by atoms with Crippen LogP contribution >= 0.6 is 11.6 Å². The molecule has 5 aromatic rings. The van der Waals surface area contributed by atoms with Crippen LogP contribution in [0.15, 0.2) is 72.8 Å². The van der Waals surface area contributed by atoms with Crippen molar-refractivity contribution in [3.05, 3.63) is 83.4 Å². The Hall–Kier alpha value is -3.08. The molecule has 0 heterocycles. The lowest BCUT2D eigenvalue weighted by Gasteiger charge is -2.14. The van der Waals surface area contributed by atoms with Crippen molar-refractivity contribution in [3.63, 3.8) is 0 Å². The van der Waals surface area contributed by atoms with Crippen molar-refractivity contribution in [2.75, 3.05) is 0 Å². The lowest BCUT2D eigenvalue weighted by molar-refractivity contribution is 1.51. The predicted molar refractivity (Wildman–Crippen MR) is 105 cm³/mol. The molecule has 0 aliphatic rings. The average Bonchev–Trinajstić information content (AvgIpc) is 2.66. The van der Waals surface area contributed by atoms with E-state index in [0.29, 0.717) is 0 Å². The van der Waals surface area contributed by atoms with Gasteiger partial charge < -0.3 is 0 Å². The summed E-state index contributed by atoms with van der Waals surface area (Å²) in [6, 6.07) is 27.0. The molecule has 0 saturated carbocycles. The SMILES string of the molecule is N#Cc1ccc2ccc3c(-c4ccc(Cl)cc4)ccc4ccc1c2c43. The van der Waals surface area contributed by atoms with Gasteiger partial charge in [0.2, 0.25) is 0 Å². The first-order valence-corrected chi connectivity index (χ1v) is 8.50. The minimum absolute atomic E-state index is 0.721. The van der Waals surface area contributed by atoms with Crippen LogP contribution in [0.25, 0.3) is 43.4 Å². The van der Waals surface area contributed by atoms with Gasteiger partial charge in [0.25, 0.3) is 0 Å². The van der Waals surface area contributed by atoms with Crippen LogP contribution in [-0.4, -0.2) is 0 Å². The molecule has 5 aromatic carbocycles. The van der Waals surface area contributed by atoms with Crippen molar-refractivity contribution in [3.8, 4) is 17.2 Å². The summed E-state index contributed by atoms with van der Waals surface area (Å²) in [4.78, 5) is 0. The predicted octanol–water partition coefficient (Wildman–Crippen LogP) is 6.78. The lowest BCUT2D eigenvalue weighted by Crippen LogP contribution is -1.89. The van der Waals surface area contributed by atoms with Crippen LogP contribution in [0.2, 0.25) is 5.02 Å². The Bertz CT molecular complexity index is 1290. The van der Waals surface area contributed by atoms with Crippen molar-refractivity contribution in [1.82, 2.24) is 0 Å². The molecule has 0 amide bonds. The molecule has 0 aromatic heterocycles. The third-order valence-electron chi connectivity index (χ3n) is 4.94. The standard InChI is InChI=1S/C23H12ClN/c24-18-8-3-14(4-9-18)19-10-5-16-6-11-20-17(13-25)2-1-15-7-12-21(19)23(16)22(15)20/h1-12H. The molecule has 5 rings (SSSR count). The van der Waals surface area contributed by atoms with Crippen LogP contribution in [-0.2, 0) is 0 Å². The Morgan fingerprint density at radius 1 is 0.640 bits per heavy atom. The fraction of sp³-hybridized carbons (Fsp3) is 0. The van der Waals surface area contributed by atoms with Gasteiger partial charge in [0.15, 0.2) is 0 Å². The molecular formula is C23H12ClN. The molecule has 0 N–H and O–H groups in total. The Labute approximate surface area is 150 Å². The molecule has 0 spiro atoms. The van der Waals surface area contributed by atoms with Crippen LogP contribution in [0.1, 0.15) is 5.56 Å². The zero-order chi connectivity index (χ0) is 17.0. The molecule has 0 bridgehead atoms. The maximum absolute atomic E-state index is 9.46. The number of rotatable bonds is 1. The first kappa shape index (κ1) is 14.3. The Kier molecular flexibility index (Phi) is 2.98. The van der Waals surface area contributed by atoms with Crippen molar-refractivity contribution >= 4 is 43.9 Å². The summed E-state index contributed by atoms with van der Waals surface area (Å²) in [5.41, 5.74) is 3.04. The van der Waals surface area contributed by atoms with Gasteiger partial charge in [-0.15, -0.1) is 0 Å². The third-order valence-corrected chi connectivity index (χ3v) is 5.19. The highest BCUT2D eigenvalue weighted by atomic mass is 35.5. The number of benzene rings is 5. The van der Waals surface area contributed by atoms with Crippen molar-refractivity contribution in [2.45, 2.75) is 0 Å². The van der Waals surface area contributed by atoms with E-state index in [-0.39, 0.29) is 0 Å². The van der Waals surface area contributed by atoms with E-state index in [4.69, 9.17) is 11.6 Å². The van der Waals surface area contributed by atoms with E-state index in [1.54, 1.807) is 0 Å². The molecule has 0 aliphatic heterocycles. The normalized spacial score (nSPS) is 11.4. The van der Waals surface area contributed by atoms with Crippen LogP contribution in [0.3, 0.4) is 0 Å². The van der Waals surface area contributed by atoms with Crippen molar-refractivity contribution in [2.24, 2.45) is 0 Å². The maximum Gasteiger partial charge on any atom is 0.0998 e. The van der Waals surface area contributed by atoms with E-state index in [0.717, 1.165) is 21.5 Å². The smallest absolute Gasteiger partial charge is 0.0998 e. The van der Waals surface area contributed by atoms with E-state index in [1.165, 1.54) is 32.5 Å². The topological polar surface area (TPSA) is 23.8 Å². The highest BCUT2D eigenvalue weighted by molar-refractivity contribution is 6.30. The molecule has 2 heteroatoms. The van der Waals surface area contributed by atoms with E-state index < -0.39 is 0 Å². The monoisotopic (exact) mass is 337 g/mol. The summed E-state index contributed by atoms with van der Waals surface area (Å²) < 4.78 is 0. The van der Waals surface area contributed by atoms with Gasteiger partial charge in [-0.1, -0.05) is 66.2 Å². The van der Waals surface area contributed by atoms with Gasteiger partial charge in [-0.05, 0) is 56.3 Å². The number of nitriles is 1. The second-order valence-corrected chi connectivity index (χ2v) is 6.70. The summed E-state index contributed by atoms with van der Waals surface area (Å²) in [7, 11) is 0. The Morgan fingerprint density at radius 3 is 1.96 bits per heavy atom. The van der Waals surface area contributed by atoms with Gasteiger partial charge in [-0.3, -0.25) is 0 Å². The second kappa shape index (κ2) is 5.21. The number of hydrogen-bond donors (Lipinski definition) is 0. The second-order valence-electron chi connectivity index (χ2n) is 6.27. The highest BCUT2D eigenvalue weighted by Crippen LogP contribution is 2.40. The zero-order valence-corrected chi connectivity index (χ0v) is 14.0. The largest absolute Gasteiger partial charge is 0.192 e. The van der Waals surface area contributed by atoms with Crippen LogP contribution in [0.5, 0.6) is 0 Å². The van der Waals surface area contributed by atoms with Gasteiger partial charge in [-0.25, -0.2) is 0 Å². The quantitative estimate of drug-likeness (QED) is 0.309. The zero-order valence-electron chi connectivity index (χ0n) is 13.3. The summed E-state index contributed by atoms with van der Waals surface area (Å²) in [6.45, 7) is 0. The molecule has 116 valence electrons. The van der Waals surface area contributed by atoms with Gasteiger partial charge in [0, 0.05) is 10.4 Å². The summed E-state index contributed by atoms with van der Waals surface area (Å²) in [6.07, 6.45) is 0. The average molecular weight is 338 g/mol. The fourth-order valence-corrected chi connectivity index (χ4v) is 3.91. The molecule has 0 aliphatic carbocycles. The minimum atomic E-state index is 0.721. The maximum atomic E-state index is 9.46. The lowest BCUT2D eigenvalue weighted by atomic mass is 9.89. The van der Waals surface area contributed by atoms with Crippen LogP contribution in [0, 0.1) is 11.3 Å². The summed E-state index contributed by atoms with van der Waals surface area (Å²) in [5.74, 6) is 0. The van der Waals surface area contributed by atoms with E-state index in [1.807, 2.05) is 24.3 Å². The summed E-state index contributed by atoms with van der Waals surface area (Å²) in [5, 5.41) is 17.2. The molecule has 0 atom stereocenters. The molecule has 1 nitrogen and oxygen atoms in total. The number of hydrogen-bond acceptors (Lipinski definition) is 1. The molecule has 0 fully saturated rings. The van der Waals surface area contributed by atoms with Gasteiger partial charge in [-0.2, -0.15) is 5.26 Å². The number of nitrogens with zero attached hydrogens (tertiary/aromatic N) is 1. The van der Waals surface area contributed by atoms with Crippen LogP contribution in [0.4, 0.5) is 0 Å². The molecule has 0 unspecified atom stereocenters. The molecule has 25 heavy (non-hydrogen) atoms. The van der Waals surface area contributed by atoms with E-state index in [9.17, 15) is 5.26 Å².